The van der Waals surface area contributed by atoms with Gasteiger partial charge in [-0.15, -0.1) is 0 Å². The van der Waals surface area contributed by atoms with E-state index in [2.05, 4.69) is 27.8 Å². The van der Waals surface area contributed by atoms with E-state index in [4.69, 9.17) is 21.3 Å². The standard InChI is InChI=1S/C16H18BrClN2O/c1-4-16(3,21-5-2)15-19-13(12(17)14(18)20-15)11-9-7-6-8-10-11/h6-10H,4-5H2,1-3H3. The van der Waals surface area contributed by atoms with Crippen molar-refractivity contribution in [3.63, 3.8) is 0 Å². The van der Waals surface area contributed by atoms with E-state index in [1.807, 2.05) is 44.2 Å². The van der Waals surface area contributed by atoms with Crippen LogP contribution in [0.15, 0.2) is 34.8 Å². The van der Waals surface area contributed by atoms with Gasteiger partial charge in [0, 0.05) is 12.2 Å². The summed E-state index contributed by atoms with van der Waals surface area (Å²) in [4.78, 5) is 9.10. The molecule has 1 aromatic carbocycles. The molecule has 0 radical (unpaired) electrons. The molecule has 2 rings (SSSR count). The first-order valence-corrected chi connectivity index (χ1v) is 8.11. The fraction of sp³-hybridized carbons (Fsp3) is 0.375. The Balaban J connectivity index is 2.58. The van der Waals surface area contributed by atoms with E-state index < -0.39 is 5.60 Å². The number of ether oxygens (including phenoxy) is 1. The van der Waals surface area contributed by atoms with Crippen LogP contribution in [0, 0.1) is 0 Å². The summed E-state index contributed by atoms with van der Waals surface area (Å²) in [5, 5.41) is 0.401. The van der Waals surface area contributed by atoms with Gasteiger partial charge >= 0.3 is 0 Å². The molecule has 0 spiro atoms. The molecule has 5 heteroatoms. The fourth-order valence-corrected chi connectivity index (χ4v) is 2.66. The lowest BCUT2D eigenvalue weighted by Crippen LogP contribution is -2.28. The van der Waals surface area contributed by atoms with Gasteiger partial charge in [0.15, 0.2) is 5.82 Å². The van der Waals surface area contributed by atoms with Crippen LogP contribution in [0.3, 0.4) is 0 Å². The Morgan fingerprint density at radius 2 is 1.86 bits per heavy atom. The Hall–Kier alpha value is -0.970. The van der Waals surface area contributed by atoms with Crippen LogP contribution in [0.1, 0.15) is 33.0 Å². The molecule has 2 aromatic rings. The number of aromatic nitrogens is 2. The molecule has 0 aliphatic heterocycles. The average molecular weight is 370 g/mol. The minimum absolute atomic E-state index is 0.401. The maximum atomic E-state index is 6.28. The molecule has 1 atom stereocenters. The summed E-state index contributed by atoms with van der Waals surface area (Å²) in [5.74, 6) is 0.610. The summed E-state index contributed by atoms with van der Waals surface area (Å²) >= 11 is 9.76. The van der Waals surface area contributed by atoms with Gasteiger partial charge in [-0.25, -0.2) is 9.97 Å². The molecule has 3 nitrogen and oxygen atoms in total. The Bertz CT molecular complexity index is 621. The quantitative estimate of drug-likeness (QED) is 0.678. The van der Waals surface area contributed by atoms with Crippen molar-refractivity contribution in [2.75, 3.05) is 6.61 Å². The van der Waals surface area contributed by atoms with Gasteiger partial charge in [-0.2, -0.15) is 0 Å². The summed E-state index contributed by atoms with van der Waals surface area (Å²) in [7, 11) is 0. The monoisotopic (exact) mass is 368 g/mol. The Labute approximate surface area is 138 Å². The van der Waals surface area contributed by atoms with Gasteiger partial charge in [0.2, 0.25) is 0 Å². The number of rotatable bonds is 5. The fourth-order valence-electron chi connectivity index (χ4n) is 2.09. The first-order valence-electron chi connectivity index (χ1n) is 6.94. The Morgan fingerprint density at radius 1 is 1.19 bits per heavy atom. The highest BCUT2D eigenvalue weighted by Crippen LogP contribution is 2.35. The van der Waals surface area contributed by atoms with Crippen LogP contribution in [0.4, 0.5) is 0 Å². The van der Waals surface area contributed by atoms with Crippen molar-refractivity contribution in [2.45, 2.75) is 32.8 Å². The highest BCUT2D eigenvalue weighted by molar-refractivity contribution is 9.10. The zero-order valence-electron chi connectivity index (χ0n) is 12.4. The smallest absolute Gasteiger partial charge is 0.162 e. The number of benzene rings is 1. The molecule has 0 saturated carbocycles. The molecule has 1 heterocycles. The van der Waals surface area contributed by atoms with Crippen molar-refractivity contribution < 1.29 is 4.74 Å². The van der Waals surface area contributed by atoms with Crippen molar-refractivity contribution in [1.29, 1.82) is 0 Å². The predicted octanol–water partition coefficient (Wildman–Crippen LogP) is 5.22. The number of nitrogens with zero attached hydrogens (tertiary/aromatic N) is 2. The molecular formula is C16H18BrClN2O. The zero-order valence-corrected chi connectivity index (χ0v) is 14.7. The molecule has 0 aliphatic rings. The van der Waals surface area contributed by atoms with Crippen LogP contribution in [0.2, 0.25) is 5.15 Å². The topological polar surface area (TPSA) is 35.0 Å². The molecule has 1 unspecified atom stereocenters. The second-order valence-electron chi connectivity index (χ2n) is 4.88. The maximum Gasteiger partial charge on any atom is 0.162 e. The zero-order chi connectivity index (χ0) is 15.5. The van der Waals surface area contributed by atoms with Gasteiger partial charge in [-0.05, 0) is 36.2 Å². The van der Waals surface area contributed by atoms with Crippen LogP contribution in [0.5, 0.6) is 0 Å². The second-order valence-corrected chi connectivity index (χ2v) is 6.04. The number of hydrogen-bond acceptors (Lipinski definition) is 3. The first kappa shape index (κ1) is 16.4. The minimum Gasteiger partial charge on any atom is -0.368 e. The minimum atomic E-state index is -0.539. The third-order valence-electron chi connectivity index (χ3n) is 3.47. The summed E-state index contributed by atoms with van der Waals surface area (Å²) in [5.41, 5.74) is 1.23. The third kappa shape index (κ3) is 3.44. The number of hydrogen-bond donors (Lipinski definition) is 0. The van der Waals surface area contributed by atoms with Gasteiger partial charge in [0.25, 0.3) is 0 Å². The summed E-state index contributed by atoms with van der Waals surface area (Å²) in [6.07, 6.45) is 0.771. The third-order valence-corrected chi connectivity index (χ3v) is 4.72. The van der Waals surface area contributed by atoms with E-state index in [1.54, 1.807) is 0 Å². The van der Waals surface area contributed by atoms with Crippen LogP contribution in [-0.2, 0) is 10.3 Å². The maximum absolute atomic E-state index is 6.28. The van der Waals surface area contributed by atoms with E-state index in [9.17, 15) is 0 Å². The molecular weight excluding hydrogens is 352 g/mol. The summed E-state index contributed by atoms with van der Waals surface area (Å²) < 4.78 is 6.55. The van der Waals surface area contributed by atoms with Crippen molar-refractivity contribution in [2.24, 2.45) is 0 Å². The summed E-state index contributed by atoms with van der Waals surface area (Å²) in [6.45, 7) is 6.61. The molecule has 0 N–H and O–H groups in total. The highest BCUT2D eigenvalue weighted by Gasteiger charge is 2.30. The van der Waals surface area contributed by atoms with Gasteiger partial charge in [-0.3, -0.25) is 0 Å². The average Bonchev–Trinajstić information content (AvgIpc) is 2.50. The van der Waals surface area contributed by atoms with Gasteiger partial charge in [0.05, 0.1) is 10.2 Å². The Morgan fingerprint density at radius 3 is 2.43 bits per heavy atom. The molecule has 0 fully saturated rings. The Kier molecular flexibility index (Phi) is 5.36. The van der Waals surface area contributed by atoms with Crippen molar-refractivity contribution in [1.82, 2.24) is 9.97 Å². The number of halogens is 2. The van der Waals surface area contributed by atoms with Crippen LogP contribution in [-0.4, -0.2) is 16.6 Å². The van der Waals surface area contributed by atoms with Crippen LogP contribution < -0.4 is 0 Å². The van der Waals surface area contributed by atoms with Crippen molar-refractivity contribution >= 4 is 27.5 Å². The lowest BCUT2D eigenvalue weighted by Gasteiger charge is -2.27. The second kappa shape index (κ2) is 6.86. The molecule has 1 aromatic heterocycles. The summed E-state index contributed by atoms with van der Waals surface area (Å²) in [6, 6.07) is 9.91. The van der Waals surface area contributed by atoms with Crippen LogP contribution in [0.25, 0.3) is 11.3 Å². The first-order chi connectivity index (χ1) is 10.0. The van der Waals surface area contributed by atoms with Crippen molar-refractivity contribution in [3.05, 3.63) is 45.8 Å². The predicted molar refractivity (Wildman–Crippen MR) is 89.4 cm³/mol. The molecule has 0 bridgehead atoms. The van der Waals surface area contributed by atoms with Gasteiger partial charge < -0.3 is 4.74 Å². The van der Waals surface area contributed by atoms with E-state index in [0.717, 1.165) is 17.7 Å². The normalized spacial score (nSPS) is 14.0. The van der Waals surface area contributed by atoms with E-state index >= 15 is 0 Å². The van der Waals surface area contributed by atoms with Crippen molar-refractivity contribution in [3.8, 4) is 11.3 Å². The lowest BCUT2D eigenvalue weighted by atomic mass is 10.0. The molecule has 21 heavy (non-hydrogen) atoms. The molecule has 0 saturated heterocycles. The van der Waals surface area contributed by atoms with Crippen LogP contribution >= 0.6 is 27.5 Å². The van der Waals surface area contributed by atoms with Gasteiger partial charge in [0.1, 0.15) is 10.8 Å². The van der Waals surface area contributed by atoms with E-state index in [-0.39, 0.29) is 0 Å². The SMILES string of the molecule is CCOC(C)(CC)c1nc(Cl)c(Br)c(-c2ccccc2)n1. The molecule has 112 valence electrons. The van der Waals surface area contributed by atoms with E-state index in [0.29, 0.717) is 22.1 Å². The largest absolute Gasteiger partial charge is 0.368 e. The molecule has 0 amide bonds. The highest BCUT2D eigenvalue weighted by atomic mass is 79.9. The molecule has 0 aliphatic carbocycles. The van der Waals surface area contributed by atoms with Gasteiger partial charge in [-0.1, -0.05) is 48.9 Å². The van der Waals surface area contributed by atoms with E-state index in [1.165, 1.54) is 0 Å². The lowest BCUT2D eigenvalue weighted by molar-refractivity contribution is -0.0389.